The number of nitrogens with one attached hydrogen (secondary N) is 3. The summed E-state index contributed by atoms with van der Waals surface area (Å²) in [6, 6.07) is -9.96. The fourth-order valence-corrected chi connectivity index (χ4v) is 8.63. The predicted octanol–water partition coefficient (Wildman–Crippen LogP) is 2.94. The van der Waals surface area contributed by atoms with Crippen molar-refractivity contribution in [2.24, 2.45) is 41.2 Å². The molecule has 0 aliphatic rings. The zero-order valence-electron chi connectivity index (χ0n) is 48.3. The molecule has 0 aromatic rings. The minimum Gasteiger partial charge on any atom is -0.467 e. The predicted molar refractivity (Wildman–Crippen MR) is 283 cm³/mol. The molecule has 0 bridgehead atoms. The number of aliphatic hydroxyl groups excluding tert-OH is 1. The number of hydrogen-bond donors (Lipinski definition) is 5. The van der Waals surface area contributed by atoms with Gasteiger partial charge in [0.1, 0.15) is 48.3 Å². The maximum absolute atomic E-state index is 14.9. The first-order valence-corrected chi connectivity index (χ1v) is 26.0. The van der Waals surface area contributed by atoms with E-state index in [2.05, 4.69) is 16.0 Å². The number of nitrogens with two attached hydrogens (primary N) is 1. The van der Waals surface area contributed by atoms with Gasteiger partial charge in [-0.1, -0.05) is 95.2 Å². The zero-order valence-corrected chi connectivity index (χ0v) is 48.3. The van der Waals surface area contributed by atoms with Crippen molar-refractivity contribution in [3.63, 3.8) is 0 Å². The highest BCUT2D eigenvalue weighted by Crippen LogP contribution is 2.25. The quantitative estimate of drug-likeness (QED) is 0.0514. The lowest BCUT2D eigenvalue weighted by molar-refractivity contribution is -0.157. The molecule has 11 atom stereocenters. The van der Waals surface area contributed by atoms with Gasteiger partial charge in [-0.05, 0) is 88.4 Å². The number of nitrogens with zero attached hydrogens (tertiary/aromatic N) is 5. The van der Waals surface area contributed by atoms with Crippen LogP contribution in [0.1, 0.15) is 136 Å². The van der Waals surface area contributed by atoms with Gasteiger partial charge in [0.25, 0.3) is 0 Å². The second-order valence-electron chi connectivity index (χ2n) is 21.8. The standard InChI is InChI=1S/C53H97N9O11/c1-22-24-25-34(13)44(63)43(47(66)57-37(23-2)53(72)73-21)62(20)52(71)42(33(11)12)61(19)50(69)40(28-31(7)8)60(18)49(68)39(27-30(5)6)59(17)48(67)36(15)56-45(64)35(14)55-46(65)38(26-29(3)4)58(16)51(70)41(54)32(9)10/h22,24,29-44,63H,23,25-28,54H2,1-21H3,(H,55,65)(H,56,64)(H,57,66)/b24-22+/t34-,35+,36-,37+,38+,39+,40+,41+,42+,43+,44-/m1/s1. The molecule has 0 heterocycles. The van der Waals surface area contributed by atoms with Gasteiger partial charge in [-0.3, -0.25) is 38.4 Å². The van der Waals surface area contributed by atoms with E-state index in [4.69, 9.17) is 10.5 Å². The molecule has 0 aliphatic carbocycles. The first kappa shape index (κ1) is 67.9. The van der Waals surface area contributed by atoms with E-state index in [1.54, 1.807) is 33.8 Å². The summed E-state index contributed by atoms with van der Waals surface area (Å²) >= 11 is 0. The van der Waals surface area contributed by atoms with Crippen LogP contribution in [0.15, 0.2) is 12.2 Å². The van der Waals surface area contributed by atoms with Crippen LogP contribution in [0.4, 0.5) is 0 Å². The monoisotopic (exact) mass is 1040 g/mol. The summed E-state index contributed by atoms with van der Waals surface area (Å²) in [6.45, 7) is 26.6. The topological polar surface area (TPSA) is 261 Å². The van der Waals surface area contributed by atoms with E-state index in [9.17, 15) is 48.3 Å². The van der Waals surface area contributed by atoms with Gasteiger partial charge in [0.2, 0.25) is 47.3 Å². The van der Waals surface area contributed by atoms with Crippen molar-refractivity contribution in [3.05, 3.63) is 12.2 Å². The normalized spacial score (nSPS) is 16.3. The van der Waals surface area contributed by atoms with Crippen molar-refractivity contribution in [1.29, 1.82) is 0 Å². The molecule has 0 saturated heterocycles. The first-order valence-electron chi connectivity index (χ1n) is 26.0. The summed E-state index contributed by atoms with van der Waals surface area (Å²) in [4.78, 5) is 132. The number of methoxy groups -OCH3 is 1. The Balaban J connectivity index is 6.86. The third kappa shape index (κ3) is 19.9. The van der Waals surface area contributed by atoms with E-state index in [1.807, 2.05) is 68.4 Å². The highest BCUT2D eigenvalue weighted by atomic mass is 16.5. The summed E-state index contributed by atoms with van der Waals surface area (Å²) in [7, 11) is 8.44. The molecule has 8 amide bonds. The summed E-state index contributed by atoms with van der Waals surface area (Å²) in [5.74, 6) is -6.97. The van der Waals surface area contributed by atoms with Gasteiger partial charge in [0, 0.05) is 35.2 Å². The van der Waals surface area contributed by atoms with Crippen LogP contribution in [-0.2, 0) is 47.9 Å². The average molecular weight is 1040 g/mol. The Hall–Kier alpha value is -5.11. The average Bonchev–Trinajstić information content (AvgIpc) is 3.32. The van der Waals surface area contributed by atoms with Crippen LogP contribution >= 0.6 is 0 Å². The molecule has 20 nitrogen and oxygen atoms in total. The Morgan fingerprint density at radius 2 is 0.959 bits per heavy atom. The van der Waals surface area contributed by atoms with Crippen LogP contribution in [0.3, 0.4) is 0 Å². The Morgan fingerprint density at radius 1 is 0.534 bits per heavy atom. The molecule has 0 spiro atoms. The molecular weight excluding hydrogens is 939 g/mol. The highest BCUT2D eigenvalue weighted by molar-refractivity contribution is 5.98. The van der Waals surface area contributed by atoms with Crippen molar-refractivity contribution in [2.75, 3.05) is 42.3 Å². The number of amides is 8. The molecule has 0 aliphatic heterocycles. The van der Waals surface area contributed by atoms with Gasteiger partial charge in [0.05, 0.1) is 19.3 Å². The van der Waals surface area contributed by atoms with Crippen molar-refractivity contribution in [1.82, 2.24) is 40.4 Å². The number of allylic oxidation sites excluding steroid dienone is 2. The number of aliphatic hydroxyl groups is 1. The molecule has 0 radical (unpaired) electrons. The summed E-state index contributed by atoms with van der Waals surface area (Å²) in [5.41, 5.74) is 6.13. The molecule has 0 rings (SSSR count). The minimum absolute atomic E-state index is 0.0188. The van der Waals surface area contributed by atoms with E-state index in [0.29, 0.717) is 12.8 Å². The lowest BCUT2D eigenvalue weighted by Gasteiger charge is -2.41. The van der Waals surface area contributed by atoms with Crippen LogP contribution in [0.5, 0.6) is 0 Å². The van der Waals surface area contributed by atoms with Crippen LogP contribution in [0.25, 0.3) is 0 Å². The van der Waals surface area contributed by atoms with Crippen molar-refractivity contribution in [3.8, 4) is 0 Å². The summed E-state index contributed by atoms with van der Waals surface area (Å²) < 4.78 is 4.87. The highest BCUT2D eigenvalue weighted by Gasteiger charge is 2.45. The molecule has 6 N–H and O–H groups in total. The Morgan fingerprint density at radius 3 is 1.38 bits per heavy atom. The second-order valence-corrected chi connectivity index (χ2v) is 21.8. The van der Waals surface area contributed by atoms with Gasteiger partial charge in [0.15, 0.2) is 0 Å². The van der Waals surface area contributed by atoms with Crippen LogP contribution in [0.2, 0.25) is 0 Å². The molecule has 0 fully saturated rings. The van der Waals surface area contributed by atoms with Crippen LogP contribution < -0.4 is 21.7 Å². The van der Waals surface area contributed by atoms with Gasteiger partial charge in [-0.15, -0.1) is 0 Å². The van der Waals surface area contributed by atoms with Gasteiger partial charge < -0.3 is 56.0 Å². The fraction of sp³-hybridized carbons (Fsp3) is 0.792. The molecule has 0 aromatic heterocycles. The number of esters is 1. The van der Waals surface area contributed by atoms with Crippen LogP contribution in [0, 0.1) is 35.5 Å². The molecule has 0 unspecified atom stereocenters. The van der Waals surface area contributed by atoms with Crippen molar-refractivity contribution >= 4 is 53.2 Å². The van der Waals surface area contributed by atoms with Gasteiger partial charge in [-0.25, -0.2) is 4.79 Å². The fourth-order valence-electron chi connectivity index (χ4n) is 8.63. The maximum Gasteiger partial charge on any atom is 0.328 e. The Labute approximate surface area is 437 Å². The van der Waals surface area contributed by atoms with Crippen LogP contribution in [-0.4, -0.2) is 186 Å². The largest absolute Gasteiger partial charge is 0.467 e. The molecule has 420 valence electrons. The smallest absolute Gasteiger partial charge is 0.328 e. The number of carbonyl (C=O) groups excluding carboxylic acids is 9. The number of likely N-dealkylation sites (N-methyl/N-ethyl adjacent to an activating group) is 5. The molecular formula is C53H97N9O11. The number of carbonyl (C=O) groups is 9. The second kappa shape index (κ2) is 31.6. The molecule has 73 heavy (non-hydrogen) atoms. The van der Waals surface area contributed by atoms with Crippen molar-refractivity contribution in [2.45, 2.75) is 196 Å². The maximum atomic E-state index is 14.9. The lowest BCUT2D eigenvalue weighted by Crippen LogP contribution is -2.63. The van der Waals surface area contributed by atoms with Crippen molar-refractivity contribution < 1.29 is 53.0 Å². The minimum atomic E-state index is -1.48. The third-order valence-electron chi connectivity index (χ3n) is 13.4. The third-order valence-corrected chi connectivity index (χ3v) is 13.4. The Kier molecular flexibility index (Phi) is 29.4. The zero-order chi connectivity index (χ0) is 57.1. The number of rotatable bonds is 30. The van der Waals surface area contributed by atoms with E-state index < -0.39 is 126 Å². The van der Waals surface area contributed by atoms with E-state index >= 15 is 0 Å². The molecule has 20 heteroatoms. The van der Waals surface area contributed by atoms with E-state index in [-0.39, 0.29) is 42.9 Å². The first-order chi connectivity index (χ1) is 33.7. The number of ether oxygens (including phenoxy) is 1. The van der Waals surface area contributed by atoms with E-state index in [0.717, 1.165) is 4.90 Å². The molecule has 0 aromatic carbocycles. The summed E-state index contributed by atoms with van der Waals surface area (Å²) in [5, 5.41) is 19.7. The SMILES string of the molecule is C/C=C/C[C@@H](C)[C@@H](O)[C@@H](C(=O)N[C@@H](CC)C(=O)OC)N(C)C(=O)[C@H](C(C)C)N(C)C(=O)[C@H](CC(C)C)N(C)C(=O)[C@H](CC(C)C)N(C)C(=O)[C@@H](C)NC(=O)[C@H](C)NC(=O)[C@H](CC(C)C)N(C)C(=O)[C@@H](N)C(C)C. The number of hydrogen-bond acceptors (Lipinski definition) is 12. The summed E-state index contributed by atoms with van der Waals surface area (Å²) in [6.07, 6.45) is 3.47. The Bertz CT molecular complexity index is 1870. The molecule has 0 saturated carbocycles. The van der Waals surface area contributed by atoms with Gasteiger partial charge in [-0.2, -0.15) is 0 Å². The van der Waals surface area contributed by atoms with E-state index in [1.165, 1.54) is 75.8 Å². The lowest BCUT2D eigenvalue weighted by atomic mass is 9.91. The van der Waals surface area contributed by atoms with Gasteiger partial charge >= 0.3 is 5.97 Å².